The van der Waals surface area contributed by atoms with Gasteiger partial charge in [-0.1, -0.05) is 6.92 Å². The maximum Gasteiger partial charge on any atom is 0.187 e. The zero-order valence-electron chi connectivity index (χ0n) is 14.5. The highest BCUT2D eigenvalue weighted by Crippen LogP contribution is 2.36. The average Bonchev–Trinajstić information content (AvgIpc) is 3.12. The second-order valence-corrected chi connectivity index (χ2v) is 6.86. The Bertz CT molecular complexity index is 607. The normalized spacial score (nSPS) is 16.8. The number of rotatable bonds is 8. The van der Waals surface area contributed by atoms with Crippen LogP contribution >= 0.6 is 28.1 Å². The van der Waals surface area contributed by atoms with Crippen LogP contribution in [0, 0.1) is 0 Å². The highest BCUT2D eigenvalue weighted by atomic mass is 79.9. The number of ether oxygens (including phenoxy) is 3. The van der Waals surface area contributed by atoms with Gasteiger partial charge in [-0.05, 0) is 65.1 Å². The molecule has 1 aliphatic heterocycles. The summed E-state index contributed by atoms with van der Waals surface area (Å²) < 4.78 is 17.5. The van der Waals surface area contributed by atoms with Gasteiger partial charge in [-0.2, -0.15) is 5.10 Å². The van der Waals surface area contributed by atoms with Gasteiger partial charge < -0.3 is 19.5 Å². The highest BCUT2D eigenvalue weighted by molar-refractivity contribution is 9.10. The molecule has 0 unspecified atom stereocenters. The summed E-state index contributed by atoms with van der Waals surface area (Å²) in [7, 11) is 1.61. The van der Waals surface area contributed by atoms with E-state index in [2.05, 4.69) is 38.7 Å². The average molecular weight is 430 g/mol. The quantitative estimate of drug-likeness (QED) is 0.375. The van der Waals surface area contributed by atoms with Crippen LogP contribution in [0.2, 0.25) is 0 Å². The fourth-order valence-corrected chi connectivity index (χ4v) is 3.09. The molecule has 138 valence electrons. The number of nitrogens with zero attached hydrogens (tertiary/aromatic N) is 1. The first-order valence-electron chi connectivity index (χ1n) is 8.32. The van der Waals surface area contributed by atoms with E-state index in [0.29, 0.717) is 29.8 Å². The molecule has 1 fully saturated rings. The Kier molecular flexibility index (Phi) is 8.43. The third-order valence-electron chi connectivity index (χ3n) is 3.60. The van der Waals surface area contributed by atoms with E-state index in [1.165, 1.54) is 0 Å². The summed E-state index contributed by atoms with van der Waals surface area (Å²) in [6.45, 7) is 4.22. The summed E-state index contributed by atoms with van der Waals surface area (Å²) in [6, 6.07) is 3.78. The summed E-state index contributed by atoms with van der Waals surface area (Å²) in [4.78, 5) is 0. The van der Waals surface area contributed by atoms with Crippen LogP contribution in [0.3, 0.4) is 0 Å². The van der Waals surface area contributed by atoms with Crippen molar-refractivity contribution in [2.75, 3.05) is 26.9 Å². The summed E-state index contributed by atoms with van der Waals surface area (Å²) in [5.41, 5.74) is 3.67. The number of hydrogen-bond donors (Lipinski definition) is 2. The standard InChI is InChI=1S/C17H24BrN3O3S/c1-3-6-24-16-14(18)8-12(9-15(16)22-2)10-20-21-17(25)19-11-13-5-4-7-23-13/h8-10,13H,3-7,11H2,1-2H3,(H2,19,21,25)/t13-/m1/s1. The summed E-state index contributed by atoms with van der Waals surface area (Å²) in [5, 5.41) is 7.74. The Labute approximate surface area is 162 Å². The van der Waals surface area contributed by atoms with Gasteiger partial charge >= 0.3 is 0 Å². The van der Waals surface area contributed by atoms with E-state index in [1.54, 1.807) is 13.3 Å². The minimum Gasteiger partial charge on any atom is -0.493 e. The van der Waals surface area contributed by atoms with E-state index in [0.717, 1.165) is 35.9 Å². The van der Waals surface area contributed by atoms with Crippen LogP contribution in [0.25, 0.3) is 0 Å². The van der Waals surface area contributed by atoms with Gasteiger partial charge in [0.25, 0.3) is 0 Å². The van der Waals surface area contributed by atoms with Crippen LogP contribution in [0.4, 0.5) is 0 Å². The molecule has 0 bridgehead atoms. The van der Waals surface area contributed by atoms with Gasteiger partial charge in [0.1, 0.15) is 0 Å². The molecule has 8 heteroatoms. The second kappa shape index (κ2) is 10.6. The monoisotopic (exact) mass is 429 g/mol. The van der Waals surface area contributed by atoms with Crippen LogP contribution in [0.5, 0.6) is 11.5 Å². The van der Waals surface area contributed by atoms with Crippen molar-refractivity contribution < 1.29 is 14.2 Å². The predicted molar refractivity (Wildman–Crippen MR) is 107 cm³/mol. The topological polar surface area (TPSA) is 64.1 Å². The van der Waals surface area contributed by atoms with Crippen molar-refractivity contribution in [1.29, 1.82) is 0 Å². The first kappa shape index (κ1) is 19.9. The molecule has 1 aromatic rings. The smallest absolute Gasteiger partial charge is 0.187 e. The van der Waals surface area contributed by atoms with Crippen LogP contribution in [0.15, 0.2) is 21.7 Å². The van der Waals surface area contributed by atoms with Crippen molar-refractivity contribution in [3.05, 3.63) is 22.2 Å². The van der Waals surface area contributed by atoms with Crippen molar-refractivity contribution in [1.82, 2.24) is 10.7 Å². The Morgan fingerprint density at radius 3 is 3.04 bits per heavy atom. The maximum atomic E-state index is 5.71. The molecule has 0 spiro atoms. The van der Waals surface area contributed by atoms with Crippen LogP contribution in [-0.4, -0.2) is 44.3 Å². The summed E-state index contributed by atoms with van der Waals surface area (Å²) in [6.07, 6.45) is 5.02. The lowest BCUT2D eigenvalue weighted by Gasteiger charge is -2.13. The lowest BCUT2D eigenvalue weighted by atomic mass is 10.2. The SMILES string of the molecule is CCCOc1c(Br)cc(C=NNC(=S)NC[C@H]2CCCO2)cc1OC. The van der Waals surface area contributed by atoms with Crippen molar-refractivity contribution in [2.24, 2.45) is 5.10 Å². The number of benzene rings is 1. The molecule has 1 atom stereocenters. The van der Waals surface area contributed by atoms with E-state index in [-0.39, 0.29) is 6.10 Å². The molecule has 0 amide bonds. The van der Waals surface area contributed by atoms with Crippen LogP contribution in [0.1, 0.15) is 31.7 Å². The summed E-state index contributed by atoms with van der Waals surface area (Å²) >= 11 is 8.71. The maximum absolute atomic E-state index is 5.71. The van der Waals surface area contributed by atoms with Crippen LogP contribution < -0.4 is 20.2 Å². The molecule has 0 saturated carbocycles. The van der Waals surface area contributed by atoms with Gasteiger partial charge in [-0.15, -0.1) is 0 Å². The molecule has 25 heavy (non-hydrogen) atoms. The molecular formula is C17H24BrN3O3S. The Morgan fingerprint density at radius 1 is 1.52 bits per heavy atom. The molecule has 0 radical (unpaired) electrons. The summed E-state index contributed by atoms with van der Waals surface area (Å²) in [5.74, 6) is 1.35. The van der Waals surface area contributed by atoms with Gasteiger partial charge in [0.15, 0.2) is 16.6 Å². The Balaban J connectivity index is 1.88. The fraction of sp³-hybridized carbons (Fsp3) is 0.529. The van der Waals surface area contributed by atoms with Gasteiger partial charge in [0.05, 0.1) is 30.5 Å². The number of hydrazone groups is 1. The van der Waals surface area contributed by atoms with Gasteiger partial charge in [0.2, 0.25) is 0 Å². The molecule has 2 N–H and O–H groups in total. The molecule has 2 rings (SSSR count). The molecule has 1 aliphatic rings. The van der Waals surface area contributed by atoms with Gasteiger partial charge in [-0.25, -0.2) is 0 Å². The van der Waals surface area contributed by atoms with E-state index in [9.17, 15) is 0 Å². The predicted octanol–water partition coefficient (Wildman–Crippen LogP) is 3.22. The minimum atomic E-state index is 0.236. The molecule has 1 aromatic carbocycles. The zero-order valence-corrected chi connectivity index (χ0v) is 16.9. The Hall–Kier alpha value is -1.38. The molecule has 6 nitrogen and oxygen atoms in total. The Morgan fingerprint density at radius 2 is 2.36 bits per heavy atom. The fourth-order valence-electron chi connectivity index (χ4n) is 2.38. The van der Waals surface area contributed by atoms with Crippen molar-refractivity contribution in [3.8, 4) is 11.5 Å². The molecule has 1 saturated heterocycles. The first-order valence-corrected chi connectivity index (χ1v) is 9.53. The largest absolute Gasteiger partial charge is 0.493 e. The minimum absolute atomic E-state index is 0.236. The van der Waals surface area contributed by atoms with E-state index >= 15 is 0 Å². The van der Waals surface area contributed by atoms with Gasteiger partial charge in [-0.3, -0.25) is 5.43 Å². The van der Waals surface area contributed by atoms with Crippen molar-refractivity contribution >= 4 is 39.5 Å². The molecule has 1 heterocycles. The molecular weight excluding hydrogens is 406 g/mol. The number of methoxy groups -OCH3 is 1. The lowest BCUT2D eigenvalue weighted by Crippen LogP contribution is -2.37. The molecule has 0 aromatic heterocycles. The number of hydrogen-bond acceptors (Lipinski definition) is 5. The van der Waals surface area contributed by atoms with Crippen molar-refractivity contribution in [3.63, 3.8) is 0 Å². The third-order valence-corrected chi connectivity index (χ3v) is 4.42. The van der Waals surface area contributed by atoms with E-state index < -0.39 is 0 Å². The van der Waals surface area contributed by atoms with E-state index in [1.807, 2.05) is 12.1 Å². The van der Waals surface area contributed by atoms with E-state index in [4.69, 9.17) is 26.4 Å². The third kappa shape index (κ3) is 6.45. The van der Waals surface area contributed by atoms with Crippen molar-refractivity contribution in [2.45, 2.75) is 32.3 Å². The first-order chi connectivity index (χ1) is 12.1. The lowest BCUT2D eigenvalue weighted by molar-refractivity contribution is 0.114. The highest BCUT2D eigenvalue weighted by Gasteiger charge is 2.15. The molecule has 0 aliphatic carbocycles. The van der Waals surface area contributed by atoms with Crippen LogP contribution in [-0.2, 0) is 4.74 Å². The number of halogens is 1. The number of thiocarbonyl (C=S) groups is 1. The van der Waals surface area contributed by atoms with Gasteiger partial charge in [0, 0.05) is 13.2 Å². The number of nitrogens with one attached hydrogen (secondary N) is 2. The second-order valence-electron chi connectivity index (χ2n) is 5.60. The zero-order chi connectivity index (χ0) is 18.1.